The smallest absolute Gasteiger partial charge is 0.132 e. The third-order valence-corrected chi connectivity index (χ3v) is 3.49. The Bertz CT molecular complexity index is 238. The van der Waals surface area contributed by atoms with E-state index in [0.29, 0.717) is 5.78 Å². The number of rotatable bonds is 0. The van der Waals surface area contributed by atoms with Gasteiger partial charge in [0, 0.05) is 12.8 Å². The van der Waals surface area contributed by atoms with Crippen molar-refractivity contribution in [2.75, 3.05) is 0 Å². The maximum atomic E-state index is 11.5. The summed E-state index contributed by atoms with van der Waals surface area (Å²) in [5.74, 6) is 0.473. The minimum Gasteiger partial charge on any atom is -0.300 e. The van der Waals surface area contributed by atoms with Gasteiger partial charge in [-0.15, -0.1) is 0 Å². The van der Waals surface area contributed by atoms with Gasteiger partial charge in [-0.25, -0.2) is 0 Å². The predicted octanol–water partition coefficient (Wildman–Crippen LogP) is 4.42. The van der Waals surface area contributed by atoms with Crippen LogP contribution in [0.4, 0.5) is 0 Å². The zero-order valence-electron chi connectivity index (χ0n) is 10.3. The molecule has 0 unspecified atom stereocenters. The Hall–Kier alpha value is -0.590. The molecule has 1 rings (SSSR count). The molecule has 0 heterocycles. The van der Waals surface area contributed by atoms with Gasteiger partial charge in [-0.1, -0.05) is 24.0 Å². The van der Waals surface area contributed by atoms with Gasteiger partial charge in [0.15, 0.2) is 0 Å². The van der Waals surface area contributed by atoms with Crippen LogP contribution in [0, 0.1) is 0 Å². The first kappa shape index (κ1) is 12.5. The fourth-order valence-corrected chi connectivity index (χ4v) is 2.17. The maximum absolute atomic E-state index is 11.5. The van der Waals surface area contributed by atoms with Crippen molar-refractivity contribution in [3.05, 3.63) is 11.1 Å². The Kier molecular flexibility index (Phi) is 5.67. The predicted molar refractivity (Wildman–Crippen MR) is 64.9 cm³/mol. The second-order valence-electron chi connectivity index (χ2n) is 4.87. The molecule has 0 saturated carbocycles. The molecule has 86 valence electrons. The highest BCUT2D eigenvalue weighted by Gasteiger charge is 2.05. The lowest BCUT2D eigenvalue weighted by atomic mass is 9.96. The van der Waals surface area contributed by atoms with Crippen LogP contribution in [0.2, 0.25) is 0 Å². The van der Waals surface area contributed by atoms with E-state index in [1.807, 2.05) is 0 Å². The van der Waals surface area contributed by atoms with E-state index in [1.165, 1.54) is 31.3 Å². The van der Waals surface area contributed by atoms with E-state index in [9.17, 15) is 4.79 Å². The number of carbonyl (C=O) groups excluding carboxylic acids is 1. The Morgan fingerprint density at radius 2 is 1.13 bits per heavy atom. The van der Waals surface area contributed by atoms with Crippen LogP contribution >= 0.6 is 0 Å². The molecule has 1 nitrogen and oxygen atoms in total. The third kappa shape index (κ3) is 5.15. The monoisotopic (exact) mass is 208 g/mol. The molecule has 0 saturated heterocycles. The Labute approximate surface area is 93.9 Å². The van der Waals surface area contributed by atoms with Crippen LogP contribution in [0.1, 0.15) is 71.6 Å². The van der Waals surface area contributed by atoms with Gasteiger partial charge in [0.25, 0.3) is 0 Å². The lowest BCUT2D eigenvalue weighted by molar-refractivity contribution is -0.119. The number of carbonyl (C=O) groups is 1. The molecule has 0 aromatic carbocycles. The molecule has 0 bridgehead atoms. The SMILES string of the molecule is C/C1=C(\C)CCCC(=O)CCCCCC1. The summed E-state index contributed by atoms with van der Waals surface area (Å²) in [6.07, 6.45) is 10.00. The second kappa shape index (κ2) is 6.81. The third-order valence-electron chi connectivity index (χ3n) is 3.49. The highest BCUT2D eigenvalue weighted by molar-refractivity contribution is 5.78. The van der Waals surface area contributed by atoms with Crippen molar-refractivity contribution in [3.8, 4) is 0 Å². The number of hydrogen-bond acceptors (Lipinski definition) is 1. The van der Waals surface area contributed by atoms with E-state index < -0.39 is 0 Å². The summed E-state index contributed by atoms with van der Waals surface area (Å²) in [5, 5.41) is 0. The Morgan fingerprint density at radius 3 is 1.80 bits per heavy atom. The molecule has 15 heavy (non-hydrogen) atoms. The number of Topliss-reactive ketones (excluding diaryl/α,β-unsaturated/α-hetero) is 1. The number of ketones is 1. The lowest BCUT2D eigenvalue weighted by Gasteiger charge is -2.09. The fourth-order valence-electron chi connectivity index (χ4n) is 2.17. The van der Waals surface area contributed by atoms with Gasteiger partial charge in [-0.05, 0) is 46.0 Å². The standard InChI is InChI=1S/C14H24O/c1-12-8-5-3-4-6-10-14(15)11-7-9-13(12)2/h3-11H2,1-2H3/b13-12-. The summed E-state index contributed by atoms with van der Waals surface area (Å²) in [6, 6.07) is 0. The molecule has 0 aliphatic heterocycles. The van der Waals surface area contributed by atoms with Crippen molar-refractivity contribution in [2.24, 2.45) is 0 Å². The van der Waals surface area contributed by atoms with Crippen molar-refractivity contribution in [2.45, 2.75) is 71.6 Å². The molecule has 1 aliphatic carbocycles. The zero-order valence-corrected chi connectivity index (χ0v) is 10.3. The van der Waals surface area contributed by atoms with Gasteiger partial charge in [0.05, 0.1) is 0 Å². The molecule has 0 amide bonds. The molecule has 0 atom stereocenters. The molecule has 0 N–H and O–H groups in total. The number of allylic oxidation sites excluding steroid dienone is 2. The average molecular weight is 208 g/mol. The van der Waals surface area contributed by atoms with E-state index in [0.717, 1.165) is 32.1 Å². The minimum atomic E-state index is 0.473. The van der Waals surface area contributed by atoms with Crippen LogP contribution in [0.25, 0.3) is 0 Å². The van der Waals surface area contributed by atoms with E-state index in [-0.39, 0.29) is 0 Å². The molecule has 0 spiro atoms. The van der Waals surface area contributed by atoms with Crippen molar-refractivity contribution in [1.29, 1.82) is 0 Å². The van der Waals surface area contributed by atoms with Crippen LogP contribution in [-0.2, 0) is 4.79 Å². The van der Waals surface area contributed by atoms with Crippen molar-refractivity contribution < 1.29 is 4.79 Å². The molecule has 1 heteroatoms. The van der Waals surface area contributed by atoms with E-state index in [1.54, 1.807) is 5.57 Å². The first-order chi connectivity index (χ1) is 7.20. The van der Waals surface area contributed by atoms with Gasteiger partial charge >= 0.3 is 0 Å². The molecular weight excluding hydrogens is 184 g/mol. The quantitative estimate of drug-likeness (QED) is 0.539. The molecular formula is C14H24O. The van der Waals surface area contributed by atoms with E-state index in [4.69, 9.17) is 0 Å². The van der Waals surface area contributed by atoms with Crippen molar-refractivity contribution in [3.63, 3.8) is 0 Å². The Balaban J connectivity index is 2.48. The Morgan fingerprint density at radius 1 is 0.667 bits per heavy atom. The highest BCUT2D eigenvalue weighted by Crippen LogP contribution is 2.19. The van der Waals surface area contributed by atoms with Crippen molar-refractivity contribution in [1.82, 2.24) is 0 Å². The lowest BCUT2D eigenvalue weighted by Crippen LogP contribution is -1.99. The summed E-state index contributed by atoms with van der Waals surface area (Å²) < 4.78 is 0. The first-order valence-corrected chi connectivity index (χ1v) is 6.37. The highest BCUT2D eigenvalue weighted by atomic mass is 16.1. The number of hydrogen-bond donors (Lipinski definition) is 0. The summed E-state index contributed by atoms with van der Waals surface area (Å²) in [4.78, 5) is 11.5. The largest absolute Gasteiger partial charge is 0.300 e. The average Bonchev–Trinajstić information content (AvgIpc) is 2.21. The van der Waals surface area contributed by atoms with Gasteiger partial charge in [0.1, 0.15) is 5.78 Å². The van der Waals surface area contributed by atoms with Gasteiger partial charge in [-0.2, -0.15) is 0 Å². The van der Waals surface area contributed by atoms with Crippen LogP contribution in [0.5, 0.6) is 0 Å². The van der Waals surface area contributed by atoms with Crippen LogP contribution < -0.4 is 0 Å². The second-order valence-corrected chi connectivity index (χ2v) is 4.87. The van der Waals surface area contributed by atoms with E-state index in [2.05, 4.69) is 13.8 Å². The summed E-state index contributed by atoms with van der Waals surface area (Å²) >= 11 is 0. The molecule has 1 aliphatic rings. The van der Waals surface area contributed by atoms with Gasteiger partial charge in [0.2, 0.25) is 0 Å². The van der Waals surface area contributed by atoms with Crippen LogP contribution in [0.3, 0.4) is 0 Å². The molecule has 0 radical (unpaired) electrons. The summed E-state index contributed by atoms with van der Waals surface area (Å²) in [7, 11) is 0. The van der Waals surface area contributed by atoms with Crippen molar-refractivity contribution >= 4 is 5.78 Å². The molecule has 0 fully saturated rings. The normalized spacial score (nSPS) is 26.9. The fraction of sp³-hybridized carbons (Fsp3) is 0.786. The first-order valence-electron chi connectivity index (χ1n) is 6.37. The van der Waals surface area contributed by atoms with E-state index >= 15 is 0 Å². The van der Waals surface area contributed by atoms with Gasteiger partial charge in [-0.3, -0.25) is 4.79 Å². The summed E-state index contributed by atoms with van der Waals surface area (Å²) in [5.41, 5.74) is 3.08. The van der Waals surface area contributed by atoms with Gasteiger partial charge < -0.3 is 0 Å². The molecule has 0 aromatic rings. The molecule has 0 aromatic heterocycles. The van der Waals surface area contributed by atoms with Crippen LogP contribution in [0.15, 0.2) is 11.1 Å². The zero-order chi connectivity index (χ0) is 11.1. The van der Waals surface area contributed by atoms with Crippen LogP contribution in [-0.4, -0.2) is 5.78 Å². The topological polar surface area (TPSA) is 17.1 Å². The summed E-state index contributed by atoms with van der Waals surface area (Å²) in [6.45, 7) is 4.48. The maximum Gasteiger partial charge on any atom is 0.132 e. The minimum absolute atomic E-state index is 0.473.